The third-order valence-corrected chi connectivity index (χ3v) is 5.72. The molecular formula is C25H26ClNO6. The fourth-order valence-corrected chi connectivity index (χ4v) is 3.53. The van der Waals surface area contributed by atoms with Crippen LogP contribution in [-0.2, 0) is 22.6 Å². The van der Waals surface area contributed by atoms with Crippen molar-refractivity contribution in [3.8, 4) is 5.75 Å². The number of carbonyl (C=O) groups is 2. The Morgan fingerprint density at radius 3 is 2.52 bits per heavy atom. The van der Waals surface area contributed by atoms with Crippen molar-refractivity contribution >= 4 is 34.6 Å². The fraction of sp³-hybridized carbons (Fsp3) is 0.320. The lowest BCUT2D eigenvalue weighted by Crippen LogP contribution is -2.47. The molecule has 174 valence electrons. The number of nitrogens with one attached hydrogen (secondary N) is 1. The lowest BCUT2D eigenvalue weighted by molar-refractivity contribution is -0.138. The van der Waals surface area contributed by atoms with E-state index in [1.54, 1.807) is 6.07 Å². The number of esters is 1. The molecule has 0 bridgehead atoms. The summed E-state index contributed by atoms with van der Waals surface area (Å²) in [7, 11) is 0. The van der Waals surface area contributed by atoms with Gasteiger partial charge in [-0.1, -0.05) is 69.1 Å². The van der Waals surface area contributed by atoms with Gasteiger partial charge in [0.2, 0.25) is 0 Å². The molecule has 0 radical (unpaired) electrons. The maximum absolute atomic E-state index is 13.0. The Morgan fingerprint density at radius 2 is 1.85 bits per heavy atom. The molecule has 0 aliphatic carbocycles. The summed E-state index contributed by atoms with van der Waals surface area (Å²) in [6, 6.07) is 12.7. The molecular weight excluding hydrogens is 446 g/mol. The number of amides is 1. The highest BCUT2D eigenvalue weighted by molar-refractivity contribution is 6.33. The zero-order chi connectivity index (χ0) is 24.0. The molecule has 1 amide bonds. The van der Waals surface area contributed by atoms with Gasteiger partial charge in [0.25, 0.3) is 0 Å². The predicted octanol–water partition coefficient (Wildman–Crippen LogP) is 5.26. The zero-order valence-corrected chi connectivity index (χ0v) is 19.5. The number of aryl methyl sites for hydroxylation is 1. The van der Waals surface area contributed by atoms with Crippen LogP contribution in [0, 0.1) is 5.92 Å². The number of fused-ring (bicyclic) bond motifs is 1. The Hall–Kier alpha value is -3.32. The van der Waals surface area contributed by atoms with Crippen molar-refractivity contribution in [2.24, 2.45) is 5.92 Å². The van der Waals surface area contributed by atoms with Gasteiger partial charge in [-0.25, -0.2) is 14.4 Å². The van der Waals surface area contributed by atoms with E-state index in [0.29, 0.717) is 18.2 Å². The van der Waals surface area contributed by atoms with Crippen LogP contribution in [0.15, 0.2) is 57.7 Å². The van der Waals surface area contributed by atoms with E-state index < -0.39 is 23.7 Å². The predicted molar refractivity (Wildman–Crippen MR) is 126 cm³/mol. The monoisotopic (exact) mass is 471 g/mol. The van der Waals surface area contributed by atoms with Crippen LogP contribution < -0.4 is 15.7 Å². The topological polar surface area (TPSA) is 94.8 Å². The van der Waals surface area contributed by atoms with Crippen molar-refractivity contribution in [1.82, 2.24) is 5.32 Å². The van der Waals surface area contributed by atoms with Crippen molar-refractivity contribution in [2.45, 2.75) is 46.3 Å². The van der Waals surface area contributed by atoms with Gasteiger partial charge in [0.1, 0.15) is 18.2 Å². The van der Waals surface area contributed by atoms with Crippen LogP contribution in [0.1, 0.15) is 38.3 Å². The van der Waals surface area contributed by atoms with Crippen LogP contribution >= 0.6 is 11.6 Å². The number of hydrogen-bond acceptors (Lipinski definition) is 6. The van der Waals surface area contributed by atoms with E-state index in [1.807, 2.05) is 51.1 Å². The van der Waals surface area contributed by atoms with Crippen molar-refractivity contribution in [3.63, 3.8) is 0 Å². The molecule has 3 aromatic rings. The highest BCUT2D eigenvalue weighted by Gasteiger charge is 2.29. The summed E-state index contributed by atoms with van der Waals surface area (Å²) in [6.07, 6.45) is 0.492. The molecule has 0 saturated heterocycles. The van der Waals surface area contributed by atoms with Crippen LogP contribution in [0.2, 0.25) is 5.02 Å². The smallest absolute Gasteiger partial charge is 0.408 e. The first-order valence-corrected chi connectivity index (χ1v) is 11.1. The van der Waals surface area contributed by atoms with E-state index in [9.17, 15) is 14.4 Å². The third-order valence-electron chi connectivity index (χ3n) is 5.43. The molecule has 0 aliphatic heterocycles. The van der Waals surface area contributed by atoms with Crippen molar-refractivity contribution < 1.29 is 23.5 Å². The molecule has 1 N–H and O–H groups in total. The summed E-state index contributed by atoms with van der Waals surface area (Å²) in [5, 5.41) is 3.45. The quantitative estimate of drug-likeness (QED) is 0.274. The SMILES string of the molecule is CCc1cc(=O)oc2cc(OC(=O)[C@@H](NC(=O)OCc3ccccc3)[C@@H](C)CC)c(Cl)cc12. The number of hydrogen-bond donors (Lipinski definition) is 1. The van der Waals surface area contributed by atoms with Crippen molar-refractivity contribution in [3.05, 3.63) is 75.1 Å². The Balaban J connectivity index is 1.77. The van der Waals surface area contributed by atoms with Gasteiger partial charge in [-0.15, -0.1) is 0 Å². The highest BCUT2D eigenvalue weighted by Crippen LogP contribution is 2.32. The lowest BCUT2D eigenvalue weighted by atomic mass is 9.99. The molecule has 0 fully saturated rings. The standard InChI is InChI=1S/C25H26ClNO6/c1-4-15(3)23(27-25(30)31-14-16-9-7-6-8-10-16)24(29)33-21-13-20-18(12-19(21)26)17(5-2)11-22(28)32-20/h6-13,15,23H,4-5,14H2,1-3H3,(H,27,30)/t15-,23-/m0/s1. The first-order valence-electron chi connectivity index (χ1n) is 10.8. The second-order valence-corrected chi connectivity index (χ2v) is 8.12. The number of halogens is 1. The molecule has 1 heterocycles. The fourth-order valence-electron chi connectivity index (χ4n) is 3.33. The third kappa shape index (κ3) is 6.14. The summed E-state index contributed by atoms with van der Waals surface area (Å²) >= 11 is 6.35. The highest BCUT2D eigenvalue weighted by atomic mass is 35.5. The van der Waals surface area contributed by atoms with Crippen LogP contribution in [0.4, 0.5) is 4.79 Å². The summed E-state index contributed by atoms with van der Waals surface area (Å²) in [6.45, 7) is 5.70. The molecule has 8 heteroatoms. The van der Waals surface area contributed by atoms with E-state index in [0.717, 1.165) is 11.1 Å². The van der Waals surface area contributed by atoms with Crippen molar-refractivity contribution in [2.75, 3.05) is 0 Å². The van der Waals surface area contributed by atoms with Gasteiger partial charge in [0.05, 0.1) is 5.02 Å². The van der Waals surface area contributed by atoms with E-state index in [-0.39, 0.29) is 28.9 Å². The first-order chi connectivity index (χ1) is 15.8. The van der Waals surface area contributed by atoms with E-state index in [2.05, 4.69) is 5.32 Å². The van der Waals surface area contributed by atoms with E-state index >= 15 is 0 Å². The van der Waals surface area contributed by atoms with Gasteiger partial charge in [-0.05, 0) is 29.5 Å². The summed E-state index contributed by atoms with van der Waals surface area (Å²) in [4.78, 5) is 37.1. The molecule has 7 nitrogen and oxygen atoms in total. The molecule has 0 aliphatic rings. The second-order valence-electron chi connectivity index (χ2n) is 7.71. The number of carbonyl (C=O) groups excluding carboxylic acids is 2. The Labute approximate surface area is 196 Å². The average Bonchev–Trinajstić information content (AvgIpc) is 2.81. The molecule has 0 saturated carbocycles. The molecule has 0 spiro atoms. The van der Waals surface area contributed by atoms with Crippen LogP contribution in [0.5, 0.6) is 5.75 Å². The molecule has 33 heavy (non-hydrogen) atoms. The molecule has 0 unspecified atom stereocenters. The Kier molecular flexibility index (Phi) is 8.11. The van der Waals surface area contributed by atoms with Gasteiger partial charge < -0.3 is 19.2 Å². The minimum Gasteiger partial charge on any atom is -0.445 e. The summed E-state index contributed by atoms with van der Waals surface area (Å²) < 4.78 is 16.0. The summed E-state index contributed by atoms with van der Waals surface area (Å²) in [5.41, 5.74) is 1.37. The molecule has 3 rings (SSSR count). The average molecular weight is 472 g/mol. The normalized spacial score (nSPS) is 12.7. The maximum atomic E-state index is 13.0. The van der Waals surface area contributed by atoms with Crippen LogP contribution in [-0.4, -0.2) is 18.1 Å². The van der Waals surface area contributed by atoms with Gasteiger partial charge >= 0.3 is 17.7 Å². The molecule has 1 aromatic heterocycles. The maximum Gasteiger partial charge on any atom is 0.408 e. The number of ether oxygens (including phenoxy) is 2. The van der Waals surface area contributed by atoms with Gasteiger partial charge in [0.15, 0.2) is 5.75 Å². The second kappa shape index (κ2) is 11.0. The van der Waals surface area contributed by atoms with Gasteiger partial charge in [0, 0.05) is 17.5 Å². The van der Waals surface area contributed by atoms with E-state index in [1.165, 1.54) is 12.1 Å². The number of benzene rings is 2. The number of alkyl carbamates (subject to hydrolysis) is 1. The molecule has 2 atom stereocenters. The molecule has 2 aromatic carbocycles. The largest absolute Gasteiger partial charge is 0.445 e. The summed E-state index contributed by atoms with van der Waals surface area (Å²) in [5.74, 6) is -0.889. The van der Waals surface area contributed by atoms with Crippen molar-refractivity contribution in [1.29, 1.82) is 0 Å². The Morgan fingerprint density at radius 1 is 1.12 bits per heavy atom. The zero-order valence-electron chi connectivity index (χ0n) is 18.7. The minimum atomic E-state index is -0.959. The first kappa shape index (κ1) is 24.3. The Bertz CT molecular complexity index is 1190. The van der Waals surface area contributed by atoms with Crippen LogP contribution in [0.3, 0.4) is 0 Å². The van der Waals surface area contributed by atoms with E-state index in [4.69, 9.17) is 25.5 Å². The lowest BCUT2D eigenvalue weighted by Gasteiger charge is -2.22. The van der Waals surface area contributed by atoms with Gasteiger partial charge in [-0.2, -0.15) is 0 Å². The number of rotatable bonds is 8. The van der Waals surface area contributed by atoms with Gasteiger partial charge in [-0.3, -0.25) is 0 Å². The minimum absolute atomic E-state index is 0.0401. The van der Waals surface area contributed by atoms with Crippen LogP contribution in [0.25, 0.3) is 11.0 Å².